The van der Waals surface area contributed by atoms with E-state index in [0.717, 1.165) is 120 Å². The van der Waals surface area contributed by atoms with Crippen molar-refractivity contribution in [3.05, 3.63) is 0 Å². The molecule has 0 amide bonds. The van der Waals surface area contributed by atoms with Crippen LogP contribution in [0.3, 0.4) is 0 Å². The van der Waals surface area contributed by atoms with Gasteiger partial charge in [0.2, 0.25) is 0 Å². The largest absolute Gasteiger partial charge is 0.472 e. The topological polar surface area (TPSA) is 237 Å². The predicted octanol–water partition coefficient (Wildman–Crippen LogP) is 24.0. The van der Waals surface area contributed by atoms with Gasteiger partial charge in [0.15, 0.2) is 12.2 Å². The van der Waals surface area contributed by atoms with Crippen LogP contribution in [0, 0.1) is 23.7 Å². The third-order valence-corrected chi connectivity index (χ3v) is 21.1. The lowest BCUT2D eigenvalue weighted by atomic mass is 10.00. The van der Waals surface area contributed by atoms with Crippen LogP contribution in [0.15, 0.2) is 0 Å². The van der Waals surface area contributed by atoms with Gasteiger partial charge in [-0.05, 0) is 49.4 Å². The Hall–Kier alpha value is -1.94. The van der Waals surface area contributed by atoms with Gasteiger partial charge in [0.25, 0.3) is 0 Å². The van der Waals surface area contributed by atoms with Crippen molar-refractivity contribution in [2.75, 3.05) is 39.6 Å². The van der Waals surface area contributed by atoms with E-state index in [1.807, 2.05) is 0 Å². The maximum atomic E-state index is 13.1. The van der Waals surface area contributed by atoms with Crippen LogP contribution in [0.2, 0.25) is 0 Å². The van der Waals surface area contributed by atoms with Crippen molar-refractivity contribution in [3.63, 3.8) is 0 Å². The van der Waals surface area contributed by atoms with Gasteiger partial charge in [-0.25, -0.2) is 9.13 Å². The number of unbranched alkanes of at least 4 members (excludes halogenated alkanes) is 43. The highest BCUT2D eigenvalue weighted by Crippen LogP contribution is 2.45. The number of aliphatic hydroxyl groups excluding tert-OH is 1. The summed E-state index contributed by atoms with van der Waals surface area (Å²) in [7, 11) is -9.92. The van der Waals surface area contributed by atoms with E-state index in [1.165, 1.54) is 212 Å². The van der Waals surface area contributed by atoms with Crippen LogP contribution in [-0.2, 0) is 65.4 Å². The lowest BCUT2D eigenvalue weighted by Gasteiger charge is -2.21. The van der Waals surface area contributed by atoms with Gasteiger partial charge in [-0.2, -0.15) is 0 Å². The Morgan fingerprint density at radius 3 is 0.710 bits per heavy atom. The molecule has 0 radical (unpaired) electrons. The lowest BCUT2D eigenvalue weighted by molar-refractivity contribution is -0.161. The minimum absolute atomic E-state index is 0.105. The van der Waals surface area contributed by atoms with Crippen molar-refractivity contribution >= 4 is 39.5 Å². The molecule has 17 nitrogen and oxygen atoms in total. The molecule has 0 spiro atoms. The zero-order valence-corrected chi connectivity index (χ0v) is 67.6. The Kier molecular flexibility index (Phi) is 68.7. The third-order valence-electron chi connectivity index (χ3n) is 19.2. The predicted molar refractivity (Wildman–Crippen MR) is 409 cm³/mol. The van der Waals surface area contributed by atoms with Gasteiger partial charge >= 0.3 is 39.5 Å². The molecule has 19 heteroatoms. The molecule has 6 atom stereocenters. The fourth-order valence-electron chi connectivity index (χ4n) is 12.4. The second kappa shape index (κ2) is 70.1. The average Bonchev–Trinajstić information content (AvgIpc) is 0.919. The molecule has 0 aromatic carbocycles. The summed E-state index contributed by atoms with van der Waals surface area (Å²) in [6.07, 6.45) is 57.0. The molecule has 3 N–H and O–H groups in total. The van der Waals surface area contributed by atoms with Crippen LogP contribution in [0.1, 0.15) is 415 Å². The molecule has 0 aromatic rings. The number of ether oxygens (including phenoxy) is 4. The Morgan fingerprint density at radius 2 is 0.480 bits per heavy atom. The first kappa shape index (κ1) is 98.1. The molecule has 0 saturated heterocycles. The van der Waals surface area contributed by atoms with E-state index >= 15 is 0 Å². The number of esters is 4. The summed E-state index contributed by atoms with van der Waals surface area (Å²) in [4.78, 5) is 73.0. The Balaban J connectivity index is 5.23. The number of rotatable bonds is 78. The average molecular weight is 1470 g/mol. The van der Waals surface area contributed by atoms with Gasteiger partial charge < -0.3 is 33.8 Å². The first-order valence-corrected chi connectivity index (χ1v) is 44.7. The van der Waals surface area contributed by atoms with Gasteiger partial charge in [-0.15, -0.1) is 0 Å². The minimum atomic E-state index is -4.96. The minimum Gasteiger partial charge on any atom is -0.462 e. The smallest absolute Gasteiger partial charge is 0.462 e. The third kappa shape index (κ3) is 73.0. The Bertz CT molecular complexity index is 1960. The molecule has 594 valence electrons. The molecule has 0 heterocycles. The van der Waals surface area contributed by atoms with Crippen molar-refractivity contribution in [2.24, 2.45) is 23.7 Å². The van der Waals surface area contributed by atoms with E-state index in [-0.39, 0.29) is 25.7 Å². The van der Waals surface area contributed by atoms with E-state index in [2.05, 4.69) is 55.4 Å². The molecule has 0 saturated carbocycles. The van der Waals surface area contributed by atoms with Gasteiger partial charge in [-0.1, -0.05) is 364 Å². The number of hydrogen-bond acceptors (Lipinski definition) is 15. The van der Waals surface area contributed by atoms with Crippen LogP contribution in [0.5, 0.6) is 0 Å². The highest BCUT2D eigenvalue weighted by Gasteiger charge is 2.30. The van der Waals surface area contributed by atoms with Crippen LogP contribution < -0.4 is 0 Å². The molecular weight excluding hydrogens is 1310 g/mol. The number of carbonyl (C=O) groups is 4. The molecule has 0 bridgehead atoms. The lowest BCUT2D eigenvalue weighted by Crippen LogP contribution is -2.30. The molecule has 0 aliphatic rings. The number of phosphoric ester groups is 2. The second-order valence-electron chi connectivity index (χ2n) is 30.8. The summed E-state index contributed by atoms with van der Waals surface area (Å²) in [5.41, 5.74) is 0. The fraction of sp³-hybridized carbons (Fsp3) is 0.951. The maximum Gasteiger partial charge on any atom is 0.472 e. The number of phosphoric acid groups is 2. The number of aliphatic hydroxyl groups is 1. The monoisotopic (exact) mass is 1470 g/mol. The zero-order valence-electron chi connectivity index (χ0n) is 65.8. The Morgan fingerprint density at radius 1 is 0.280 bits per heavy atom. The summed E-state index contributed by atoms with van der Waals surface area (Å²) in [6.45, 7) is 14.2. The first-order valence-electron chi connectivity index (χ1n) is 41.7. The highest BCUT2D eigenvalue weighted by atomic mass is 31.2. The van der Waals surface area contributed by atoms with Crippen molar-refractivity contribution in [2.45, 2.75) is 433 Å². The molecule has 0 aromatic heterocycles. The standard InChI is InChI=1S/C81H158O17P2/c1-9-74(8)60-52-44-39-40-46-54-62-79(84)92-68-77(98-81(86)64-56-48-38-32-26-25-29-35-43-51-59-73(6)7)70-96-100(89,90)94-66-75(82)65-93-99(87,88)95-69-76(67-91-78(83)61-53-45-36-30-23-20-16-18-22-28-34-42-50-58-72(4)5)97-80(85)63-55-47-37-31-24-19-15-13-11-10-12-14-17-21-27-33-41-49-57-71(2)3/h71-77,82H,9-70H2,1-8H3,(H,87,88)(H,89,90)/t74?,75-,76-,77-/m1/s1. The molecule has 100 heavy (non-hydrogen) atoms. The number of hydrogen-bond donors (Lipinski definition) is 3. The summed E-state index contributed by atoms with van der Waals surface area (Å²) in [5, 5.41) is 10.6. The van der Waals surface area contributed by atoms with Crippen molar-refractivity contribution in [1.82, 2.24) is 0 Å². The summed E-state index contributed by atoms with van der Waals surface area (Å²) >= 11 is 0. The highest BCUT2D eigenvalue weighted by molar-refractivity contribution is 7.47. The summed E-state index contributed by atoms with van der Waals surface area (Å²) in [6, 6.07) is 0. The SMILES string of the molecule is CCC(C)CCCCCCCCC(=O)OC[C@H](COP(=O)(O)OC[C@H](O)COP(=O)(O)OC[C@@H](COC(=O)CCCCCCCCCCCCCCCC(C)C)OC(=O)CCCCCCCCCCCCCCCCCCCCC(C)C)OC(=O)CCCCCCCCCCCCC(C)C. The number of carbonyl (C=O) groups excluding carboxylic acids is 4. The fourth-order valence-corrected chi connectivity index (χ4v) is 14.0. The molecule has 0 aliphatic heterocycles. The van der Waals surface area contributed by atoms with Crippen LogP contribution in [0.4, 0.5) is 0 Å². The molecule has 0 aliphatic carbocycles. The van der Waals surface area contributed by atoms with Gasteiger partial charge in [0.1, 0.15) is 19.3 Å². The van der Waals surface area contributed by atoms with Crippen LogP contribution in [-0.4, -0.2) is 96.7 Å². The molecule has 0 rings (SSSR count). The normalized spacial score (nSPS) is 14.3. The van der Waals surface area contributed by atoms with Crippen molar-refractivity contribution in [3.8, 4) is 0 Å². The van der Waals surface area contributed by atoms with Gasteiger partial charge in [0, 0.05) is 25.7 Å². The zero-order chi connectivity index (χ0) is 73.8. The van der Waals surface area contributed by atoms with Crippen LogP contribution >= 0.6 is 15.6 Å². The van der Waals surface area contributed by atoms with Crippen molar-refractivity contribution in [1.29, 1.82) is 0 Å². The van der Waals surface area contributed by atoms with E-state index in [1.54, 1.807) is 0 Å². The van der Waals surface area contributed by atoms with E-state index in [9.17, 15) is 43.2 Å². The van der Waals surface area contributed by atoms with Gasteiger partial charge in [0.05, 0.1) is 26.4 Å². The van der Waals surface area contributed by atoms with E-state index in [0.29, 0.717) is 25.7 Å². The van der Waals surface area contributed by atoms with E-state index < -0.39 is 97.5 Å². The molecule has 3 unspecified atom stereocenters. The van der Waals surface area contributed by atoms with Crippen LogP contribution in [0.25, 0.3) is 0 Å². The van der Waals surface area contributed by atoms with Gasteiger partial charge in [-0.3, -0.25) is 37.3 Å². The van der Waals surface area contributed by atoms with E-state index in [4.69, 9.17) is 37.0 Å². The molecule has 0 fully saturated rings. The molecular formula is C81H158O17P2. The maximum absolute atomic E-state index is 13.1. The second-order valence-corrected chi connectivity index (χ2v) is 33.7. The summed E-state index contributed by atoms with van der Waals surface area (Å²) < 4.78 is 68.7. The van der Waals surface area contributed by atoms with Crippen molar-refractivity contribution < 1.29 is 80.2 Å². The summed E-state index contributed by atoms with van der Waals surface area (Å²) in [5.74, 6) is 0.979. The quantitative estimate of drug-likeness (QED) is 0.0222. The Labute approximate surface area is 613 Å². The first-order chi connectivity index (χ1) is 48.1.